The molecule has 23 heavy (non-hydrogen) atoms. The predicted molar refractivity (Wildman–Crippen MR) is 87.4 cm³/mol. The van der Waals surface area contributed by atoms with Gasteiger partial charge in [-0.05, 0) is 32.8 Å². The van der Waals surface area contributed by atoms with Gasteiger partial charge in [0, 0.05) is 32.0 Å². The van der Waals surface area contributed by atoms with E-state index in [4.69, 9.17) is 0 Å². The fourth-order valence-electron chi connectivity index (χ4n) is 3.10. The second kappa shape index (κ2) is 5.98. The minimum absolute atomic E-state index is 0.0399. The highest BCUT2D eigenvalue weighted by atomic mass is 16.2. The average molecular weight is 314 g/mol. The second-order valence-corrected chi connectivity index (χ2v) is 6.20. The molecule has 3 rings (SSSR count). The quantitative estimate of drug-likeness (QED) is 0.935. The first-order chi connectivity index (χ1) is 11.0. The molecule has 1 N–H and O–H groups in total. The maximum atomic E-state index is 12.4. The first-order valence-corrected chi connectivity index (χ1v) is 7.81. The van der Waals surface area contributed by atoms with Crippen LogP contribution in [0.4, 0.5) is 5.95 Å². The Kier molecular flexibility index (Phi) is 4.02. The molecule has 1 fully saturated rings. The third kappa shape index (κ3) is 2.91. The number of anilines is 1. The van der Waals surface area contributed by atoms with Crippen molar-refractivity contribution in [1.82, 2.24) is 25.1 Å². The summed E-state index contributed by atoms with van der Waals surface area (Å²) in [6.07, 6.45) is 3.60. The number of nitrogens with one attached hydrogen (secondary N) is 1. The number of nitrogens with zero attached hydrogens (tertiary/aromatic N) is 5. The molecule has 1 aliphatic heterocycles. The zero-order valence-electron chi connectivity index (χ0n) is 14.0. The maximum absolute atomic E-state index is 12.4. The molecule has 1 aliphatic rings. The zero-order valence-corrected chi connectivity index (χ0v) is 14.0. The number of H-pyrrole nitrogens is 1. The van der Waals surface area contributed by atoms with Gasteiger partial charge in [0.25, 0.3) is 5.91 Å². The minimum atomic E-state index is -0.0399. The standard InChI is InChI=1S/C16H22N6O/c1-10-8-11(2)19-16(18-10)22-7-5-6-13(22)14-12(9-17-20-14)15(23)21(3)4/h8-9,13H,5-7H2,1-4H3,(H,17,20). The number of aryl methyl sites for hydroxylation is 2. The van der Waals surface area contributed by atoms with Crippen molar-refractivity contribution in [2.75, 3.05) is 25.5 Å². The number of hydrogen-bond acceptors (Lipinski definition) is 5. The molecular weight excluding hydrogens is 292 g/mol. The van der Waals surface area contributed by atoms with Gasteiger partial charge in [-0.2, -0.15) is 5.10 Å². The average Bonchev–Trinajstić information content (AvgIpc) is 3.13. The van der Waals surface area contributed by atoms with Crippen LogP contribution in [0.3, 0.4) is 0 Å². The molecule has 0 aliphatic carbocycles. The van der Waals surface area contributed by atoms with E-state index in [1.54, 1.807) is 25.2 Å². The Morgan fingerprint density at radius 1 is 1.30 bits per heavy atom. The molecule has 3 heterocycles. The summed E-state index contributed by atoms with van der Waals surface area (Å²) in [5, 5.41) is 7.11. The van der Waals surface area contributed by atoms with Crippen LogP contribution < -0.4 is 4.90 Å². The van der Waals surface area contributed by atoms with Gasteiger partial charge in [0.1, 0.15) is 0 Å². The molecular formula is C16H22N6O. The highest BCUT2D eigenvalue weighted by molar-refractivity contribution is 5.95. The normalized spacial score (nSPS) is 17.6. The van der Waals surface area contributed by atoms with Gasteiger partial charge in [-0.25, -0.2) is 9.97 Å². The Bertz CT molecular complexity index is 703. The molecule has 1 unspecified atom stereocenters. The molecule has 0 spiro atoms. The van der Waals surface area contributed by atoms with Crippen molar-refractivity contribution < 1.29 is 4.79 Å². The molecule has 2 aromatic heterocycles. The number of aromatic amines is 1. The van der Waals surface area contributed by atoms with Crippen LogP contribution in [0.2, 0.25) is 0 Å². The molecule has 0 saturated carbocycles. The van der Waals surface area contributed by atoms with Crippen LogP contribution in [0, 0.1) is 13.8 Å². The number of carbonyl (C=O) groups excluding carboxylic acids is 1. The summed E-state index contributed by atoms with van der Waals surface area (Å²) in [5.74, 6) is 0.685. The Morgan fingerprint density at radius 3 is 2.65 bits per heavy atom. The summed E-state index contributed by atoms with van der Waals surface area (Å²) in [4.78, 5) is 25.2. The molecule has 2 aromatic rings. The van der Waals surface area contributed by atoms with Gasteiger partial charge in [0.05, 0.1) is 23.5 Å². The van der Waals surface area contributed by atoms with Gasteiger partial charge in [0.2, 0.25) is 5.95 Å². The molecule has 1 amide bonds. The highest BCUT2D eigenvalue weighted by Gasteiger charge is 2.33. The zero-order chi connectivity index (χ0) is 16.6. The van der Waals surface area contributed by atoms with Crippen LogP contribution in [-0.4, -0.2) is 51.6 Å². The van der Waals surface area contributed by atoms with E-state index in [2.05, 4.69) is 25.1 Å². The third-order valence-electron chi connectivity index (χ3n) is 4.12. The molecule has 1 saturated heterocycles. The lowest BCUT2D eigenvalue weighted by atomic mass is 10.1. The van der Waals surface area contributed by atoms with Crippen molar-refractivity contribution in [3.05, 3.63) is 34.9 Å². The Morgan fingerprint density at radius 2 is 2.00 bits per heavy atom. The summed E-state index contributed by atoms with van der Waals surface area (Å²) < 4.78 is 0. The van der Waals surface area contributed by atoms with Crippen molar-refractivity contribution >= 4 is 11.9 Å². The van der Waals surface area contributed by atoms with E-state index in [9.17, 15) is 4.79 Å². The second-order valence-electron chi connectivity index (χ2n) is 6.20. The number of hydrogen-bond donors (Lipinski definition) is 1. The number of rotatable bonds is 3. The summed E-state index contributed by atoms with van der Waals surface area (Å²) >= 11 is 0. The predicted octanol–water partition coefficient (Wildman–Crippen LogP) is 1.86. The van der Waals surface area contributed by atoms with Crippen LogP contribution in [0.15, 0.2) is 12.3 Å². The molecule has 0 aromatic carbocycles. The smallest absolute Gasteiger partial charge is 0.256 e. The molecule has 7 heteroatoms. The Balaban J connectivity index is 1.97. The summed E-state index contributed by atoms with van der Waals surface area (Å²) in [6.45, 7) is 4.82. The van der Waals surface area contributed by atoms with E-state index in [0.717, 1.165) is 42.4 Å². The van der Waals surface area contributed by atoms with Crippen LogP contribution in [0.5, 0.6) is 0 Å². The Labute approximate surface area is 135 Å². The monoisotopic (exact) mass is 314 g/mol. The number of carbonyl (C=O) groups is 1. The van der Waals surface area contributed by atoms with E-state index in [-0.39, 0.29) is 11.9 Å². The van der Waals surface area contributed by atoms with Crippen LogP contribution in [0.25, 0.3) is 0 Å². The highest BCUT2D eigenvalue weighted by Crippen LogP contribution is 2.35. The van der Waals surface area contributed by atoms with Crippen LogP contribution in [-0.2, 0) is 0 Å². The molecule has 0 bridgehead atoms. The summed E-state index contributed by atoms with van der Waals surface area (Å²) in [6, 6.07) is 2.02. The fraction of sp³-hybridized carbons (Fsp3) is 0.500. The largest absolute Gasteiger partial charge is 0.345 e. The van der Waals surface area contributed by atoms with Crippen molar-refractivity contribution in [1.29, 1.82) is 0 Å². The van der Waals surface area contributed by atoms with Gasteiger partial charge in [-0.1, -0.05) is 0 Å². The fourth-order valence-corrected chi connectivity index (χ4v) is 3.10. The van der Waals surface area contributed by atoms with Crippen molar-refractivity contribution in [2.24, 2.45) is 0 Å². The van der Waals surface area contributed by atoms with E-state index in [1.165, 1.54) is 0 Å². The van der Waals surface area contributed by atoms with Crippen molar-refractivity contribution in [3.63, 3.8) is 0 Å². The maximum Gasteiger partial charge on any atom is 0.256 e. The number of aromatic nitrogens is 4. The van der Waals surface area contributed by atoms with E-state index >= 15 is 0 Å². The van der Waals surface area contributed by atoms with Crippen LogP contribution >= 0.6 is 0 Å². The first kappa shape index (κ1) is 15.5. The van der Waals surface area contributed by atoms with E-state index in [1.807, 2.05) is 19.9 Å². The topological polar surface area (TPSA) is 78.0 Å². The molecule has 7 nitrogen and oxygen atoms in total. The molecule has 122 valence electrons. The molecule has 1 atom stereocenters. The van der Waals surface area contributed by atoms with Crippen molar-refractivity contribution in [3.8, 4) is 0 Å². The summed E-state index contributed by atoms with van der Waals surface area (Å²) in [7, 11) is 3.50. The lowest BCUT2D eigenvalue weighted by molar-refractivity contribution is 0.0826. The van der Waals surface area contributed by atoms with Gasteiger partial charge in [-0.15, -0.1) is 0 Å². The van der Waals surface area contributed by atoms with Gasteiger partial charge >= 0.3 is 0 Å². The van der Waals surface area contributed by atoms with E-state index < -0.39 is 0 Å². The van der Waals surface area contributed by atoms with Crippen LogP contribution in [0.1, 0.15) is 46.3 Å². The van der Waals surface area contributed by atoms with Crippen molar-refractivity contribution in [2.45, 2.75) is 32.7 Å². The SMILES string of the molecule is Cc1cc(C)nc(N2CCCC2c2[nH]ncc2C(=O)N(C)C)n1. The van der Waals surface area contributed by atoms with E-state index in [0.29, 0.717) is 5.56 Å². The minimum Gasteiger partial charge on any atom is -0.345 e. The van der Waals surface area contributed by atoms with Gasteiger partial charge < -0.3 is 9.80 Å². The number of amides is 1. The lowest BCUT2D eigenvalue weighted by Gasteiger charge is -2.25. The third-order valence-corrected chi connectivity index (χ3v) is 4.12. The molecule has 0 radical (unpaired) electrons. The lowest BCUT2D eigenvalue weighted by Crippen LogP contribution is -2.28. The first-order valence-electron chi connectivity index (χ1n) is 7.81. The van der Waals surface area contributed by atoms with Gasteiger partial charge in [0.15, 0.2) is 0 Å². The Hall–Kier alpha value is -2.44. The van der Waals surface area contributed by atoms with Gasteiger partial charge in [-0.3, -0.25) is 9.89 Å². The summed E-state index contributed by atoms with van der Waals surface area (Å²) in [5.41, 5.74) is 3.37.